The number of methoxy groups -OCH3 is 1. The molecule has 0 bridgehead atoms. The Kier molecular flexibility index (Phi) is 6.38. The van der Waals surface area contributed by atoms with Gasteiger partial charge in [-0.05, 0) is 23.8 Å². The molecule has 6 heteroatoms. The minimum atomic E-state index is -0.495. The van der Waals surface area contributed by atoms with Crippen LogP contribution >= 0.6 is 0 Å². The summed E-state index contributed by atoms with van der Waals surface area (Å²) in [6.07, 6.45) is 2.93. The number of rotatable bonds is 6. The SMILES string of the molecule is C=CCNC(=O)C(C#N)=Cc1ccc(OC(C)=O)c(OC)c1. The van der Waals surface area contributed by atoms with Crippen LogP contribution in [0.15, 0.2) is 36.4 Å². The van der Waals surface area contributed by atoms with Crippen LogP contribution in [0, 0.1) is 11.3 Å². The van der Waals surface area contributed by atoms with Gasteiger partial charge in [0.05, 0.1) is 7.11 Å². The molecule has 1 amide bonds. The van der Waals surface area contributed by atoms with Crippen molar-refractivity contribution in [1.29, 1.82) is 5.26 Å². The quantitative estimate of drug-likeness (QED) is 0.285. The Morgan fingerprint density at radius 1 is 1.41 bits per heavy atom. The van der Waals surface area contributed by atoms with E-state index in [1.54, 1.807) is 12.1 Å². The molecule has 0 heterocycles. The monoisotopic (exact) mass is 300 g/mol. The lowest BCUT2D eigenvalue weighted by molar-refractivity contribution is -0.132. The van der Waals surface area contributed by atoms with Gasteiger partial charge in [0.1, 0.15) is 11.6 Å². The van der Waals surface area contributed by atoms with Gasteiger partial charge in [0.25, 0.3) is 5.91 Å². The van der Waals surface area contributed by atoms with Crippen LogP contribution < -0.4 is 14.8 Å². The summed E-state index contributed by atoms with van der Waals surface area (Å²) in [6, 6.07) is 6.54. The zero-order valence-corrected chi connectivity index (χ0v) is 12.4. The second kappa shape index (κ2) is 8.27. The van der Waals surface area contributed by atoms with E-state index in [2.05, 4.69) is 11.9 Å². The number of nitrogens with one attached hydrogen (secondary N) is 1. The van der Waals surface area contributed by atoms with Gasteiger partial charge in [-0.25, -0.2) is 0 Å². The van der Waals surface area contributed by atoms with E-state index in [0.717, 1.165) is 0 Å². The first-order valence-electron chi connectivity index (χ1n) is 6.39. The van der Waals surface area contributed by atoms with E-state index in [9.17, 15) is 9.59 Å². The fourth-order valence-corrected chi connectivity index (χ4v) is 1.59. The Morgan fingerprint density at radius 2 is 2.14 bits per heavy atom. The highest BCUT2D eigenvalue weighted by Crippen LogP contribution is 2.29. The lowest BCUT2D eigenvalue weighted by Crippen LogP contribution is -2.24. The van der Waals surface area contributed by atoms with Gasteiger partial charge in [-0.3, -0.25) is 9.59 Å². The molecule has 0 saturated carbocycles. The van der Waals surface area contributed by atoms with Gasteiger partial charge in [-0.15, -0.1) is 6.58 Å². The normalized spacial score (nSPS) is 10.3. The first-order valence-corrected chi connectivity index (χ1v) is 6.39. The molecule has 0 aliphatic heterocycles. The minimum Gasteiger partial charge on any atom is -0.493 e. The minimum absolute atomic E-state index is 0.0517. The predicted molar refractivity (Wildman–Crippen MR) is 81.1 cm³/mol. The maximum Gasteiger partial charge on any atom is 0.308 e. The number of benzene rings is 1. The molecule has 6 nitrogen and oxygen atoms in total. The molecule has 0 aliphatic carbocycles. The van der Waals surface area contributed by atoms with Crippen molar-refractivity contribution in [3.63, 3.8) is 0 Å². The molecular weight excluding hydrogens is 284 g/mol. The summed E-state index contributed by atoms with van der Waals surface area (Å²) < 4.78 is 10.1. The molecule has 1 aromatic carbocycles. The molecule has 1 rings (SSSR count). The molecule has 0 aromatic heterocycles. The Labute approximate surface area is 128 Å². The maximum atomic E-state index is 11.8. The molecule has 1 N–H and O–H groups in total. The molecule has 0 aliphatic rings. The number of nitrogens with zero attached hydrogens (tertiary/aromatic N) is 1. The number of ether oxygens (including phenoxy) is 2. The third-order valence-electron chi connectivity index (χ3n) is 2.52. The van der Waals surface area contributed by atoms with E-state index >= 15 is 0 Å². The zero-order chi connectivity index (χ0) is 16.5. The zero-order valence-electron chi connectivity index (χ0n) is 12.4. The van der Waals surface area contributed by atoms with Crippen molar-refractivity contribution in [1.82, 2.24) is 5.32 Å². The van der Waals surface area contributed by atoms with Gasteiger partial charge in [0.15, 0.2) is 11.5 Å². The first kappa shape index (κ1) is 17.0. The molecule has 0 radical (unpaired) electrons. The Hall–Kier alpha value is -3.07. The maximum absolute atomic E-state index is 11.8. The number of esters is 1. The molecule has 0 unspecified atom stereocenters. The molecule has 114 valence electrons. The van der Waals surface area contributed by atoms with Crippen LogP contribution in [0.3, 0.4) is 0 Å². The second-order valence-corrected chi connectivity index (χ2v) is 4.17. The summed E-state index contributed by atoms with van der Waals surface area (Å²) in [4.78, 5) is 22.7. The van der Waals surface area contributed by atoms with Gasteiger partial charge < -0.3 is 14.8 Å². The lowest BCUT2D eigenvalue weighted by Gasteiger charge is -2.08. The molecular formula is C16H16N2O4. The Bertz CT molecular complexity index is 657. The molecule has 1 aromatic rings. The highest BCUT2D eigenvalue weighted by Gasteiger charge is 2.10. The Morgan fingerprint density at radius 3 is 2.68 bits per heavy atom. The van der Waals surface area contributed by atoms with E-state index in [-0.39, 0.29) is 17.9 Å². The third-order valence-corrected chi connectivity index (χ3v) is 2.52. The first-order chi connectivity index (χ1) is 10.5. The molecule has 22 heavy (non-hydrogen) atoms. The molecule has 0 fully saturated rings. The van der Waals surface area contributed by atoms with E-state index < -0.39 is 11.9 Å². The summed E-state index contributed by atoms with van der Waals surface area (Å²) in [7, 11) is 1.43. The van der Waals surface area contributed by atoms with E-state index in [1.807, 2.05) is 6.07 Å². The smallest absolute Gasteiger partial charge is 0.308 e. The molecule has 0 atom stereocenters. The van der Waals surface area contributed by atoms with E-state index in [4.69, 9.17) is 14.7 Å². The van der Waals surface area contributed by atoms with Crippen LogP contribution in [0.5, 0.6) is 11.5 Å². The fourth-order valence-electron chi connectivity index (χ4n) is 1.59. The number of hydrogen-bond acceptors (Lipinski definition) is 5. The number of carbonyl (C=O) groups is 2. The molecule has 0 spiro atoms. The van der Waals surface area contributed by atoms with Gasteiger partial charge in [0.2, 0.25) is 0 Å². The number of nitriles is 1. The van der Waals surface area contributed by atoms with Crippen molar-refractivity contribution in [2.45, 2.75) is 6.92 Å². The highest BCUT2D eigenvalue weighted by molar-refractivity contribution is 6.01. The summed E-state index contributed by atoms with van der Waals surface area (Å²) in [5.41, 5.74) is 0.516. The fraction of sp³-hybridized carbons (Fsp3) is 0.188. The largest absolute Gasteiger partial charge is 0.493 e. The van der Waals surface area contributed by atoms with E-state index in [1.165, 1.54) is 32.3 Å². The van der Waals surface area contributed by atoms with Crippen LogP contribution in [-0.2, 0) is 9.59 Å². The van der Waals surface area contributed by atoms with Crippen LogP contribution in [0.1, 0.15) is 12.5 Å². The predicted octanol–water partition coefficient (Wildman–Crippen LogP) is 1.83. The van der Waals surface area contributed by atoms with Crippen molar-refractivity contribution in [2.75, 3.05) is 13.7 Å². The number of carbonyl (C=O) groups excluding carboxylic acids is 2. The average molecular weight is 300 g/mol. The van der Waals surface area contributed by atoms with Crippen molar-refractivity contribution < 1.29 is 19.1 Å². The van der Waals surface area contributed by atoms with Gasteiger partial charge in [-0.1, -0.05) is 12.1 Å². The van der Waals surface area contributed by atoms with Crippen molar-refractivity contribution >= 4 is 18.0 Å². The lowest BCUT2D eigenvalue weighted by atomic mass is 10.1. The van der Waals surface area contributed by atoms with Crippen LogP contribution in [0.25, 0.3) is 6.08 Å². The van der Waals surface area contributed by atoms with Crippen molar-refractivity contribution in [3.8, 4) is 17.6 Å². The Balaban J connectivity index is 3.08. The van der Waals surface area contributed by atoms with Crippen molar-refractivity contribution in [3.05, 3.63) is 42.0 Å². The summed E-state index contributed by atoms with van der Waals surface area (Å²) in [6.45, 7) is 5.04. The second-order valence-electron chi connectivity index (χ2n) is 4.17. The van der Waals surface area contributed by atoms with Crippen LogP contribution in [-0.4, -0.2) is 25.5 Å². The summed E-state index contributed by atoms with van der Waals surface area (Å²) in [5.74, 6) is -0.372. The topological polar surface area (TPSA) is 88.4 Å². The molecule has 0 saturated heterocycles. The number of hydrogen-bond donors (Lipinski definition) is 1. The van der Waals surface area contributed by atoms with Gasteiger partial charge in [0, 0.05) is 13.5 Å². The standard InChI is InChI=1S/C16H16N2O4/c1-4-7-18-16(20)13(10-17)8-12-5-6-14(22-11(2)19)15(9-12)21-3/h4-6,8-9H,1,7H2,2-3H3,(H,18,20). The summed E-state index contributed by atoms with van der Waals surface area (Å²) in [5, 5.41) is 11.6. The number of amides is 1. The van der Waals surface area contributed by atoms with Gasteiger partial charge in [-0.2, -0.15) is 5.26 Å². The highest BCUT2D eigenvalue weighted by atomic mass is 16.6. The third kappa shape index (κ3) is 4.80. The van der Waals surface area contributed by atoms with Gasteiger partial charge >= 0.3 is 5.97 Å². The van der Waals surface area contributed by atoms with E-state index in [0.29, 0.717) is 11.3 Å². The van der Waals surface area contributed by atoms with Crippen LogP contribution in [0.2, 0.25) is 0 Å². The van der Waals surface area contributed by atoms with Crippen molar-refractivity contribution in [2.24, 2.45) is 0 Å². The average Bonchev–Trinajstić information content (AvgIpc) is 2.50. The van der Waals surface area contributed by atoms with Crippen LogP contribution in [0.4, 0.5) is 0 Å². The summed E-state index contributed by atoms with van der Waals surface area (Å²) >= 11 is 0.